The summed E-state index contributed by atoms with van der Waals surface area (Å²) in [7, 11) is 0. The molecule has 0 aliphatic carbocycles. The van der Waals surface area contributed by atoms with Crippen LogP contribution in [0.4, 0.5) is 0 Å². The predicted octanol–water partition coefficient (Wildman–Crippen LogP) is 4.63. The molecule has 2 aromatic carbocycles. The minimum absolute atomic E-state index is 0.244. The molecule has 0 saturated heterocycles. The summed E-state index contributed by atoms with van der Waals surface area (Å²) in [6.07, 6.45) is 1.39. The van der Waals surface area contributed by atoms with E-state index in [-0.39, 0.29) is 5.78 Å². The smallest absolute Gasteiger partial charge is 0.163 e. The standard InChI is InChI=1S/C18H20O/c1-14(2)16-10-6-7-11-17(16)18(19)13-12-15-8-4-3-5-9-15/h3-11,14H,12-13H2,1-2H3. The quantitative estimate of drug-likeness (QED) is 0.709. The van der Waals surface area contributed by atoms with Crippen molar-refractivity contribution in [1.82, 2.24) is 0 Å². The van der Waals surface area contributed by atoms with Crippen LogP contribution < -0.4 is 0 Å². The molecule has 0 aliphatic heterocycles. The van der Waals surface area contributed by atoms with Crippen molar-refractivity contribution in [2.75, 3.05) is 0 Å². The molecule has 19 heavy (non-hydrogen) atoms. The van der Waals surface area contributed by atoms with Crippen LogP contribution in [0.2, 0.25) is 0 Å². The molecule has 0 unspecified atom stereocenters. The Morgan fingerprint density at radius 2 is 1.58 bits per heavy atom. The molecule has 0 radical (unpaired) electrons. The molecule has 0 spiro atoms. The summed E-state index contributed by atoms with van der Waals surface area (Å²) in [5, 5.41) is 0. The van der Waals surface area contributed by atoms with Gasteiger partial charge in [0.1, 0.15) is 0 Å². The lowest BCUT2D eigenvalue weighted by Gasteiger charge is -2.11. The zero-order chi connectivity index (χ0) is 13.7. The van der Waals surface area contributed by atoms with E-state index in [0.717, 1.165) is 17.5 Å². The van der Waals surface area contributed by atoms with Gasteiger partial charge in [-0.2, -0.15) is 0 Å². The molecular weight excluding hydrogens is 232 g/mol. The Balaban J connectivity index is 2.08. The molecule has 0 atom stereocenters. The van der Waals surface area contributed by atoms with Crippen LogP contribution >= 0.6 is 0 Å². The van der Waals surface area contributed by atoms with Crippen LogP contribution in [0, 0.1) is 0 Å². The average Bonchev–Trinajstić information content (AvgIpc) is 2.46. The lowest BCUT2D eigenvalue weighted by atomic mass is 9.92. The van der Waals surface area contributed by atoms with Crippen LogP contribution in [0.15, 0.2) is 54.6 Å². The Labute approximate surface area is 115 Å². The maximum absolute atomic E-state index is 12.3. The van der Waals surface area contributed by atoms with Crippen molar-refractivity contribution in [3.8, 4) is 0 Å². The molecule has 2 aromatic rings. The monoisotopic (exact) mass is 252 g/mol. The van der Waals surface area contributed by atoms with E-state index in [4.69, 9.17) is 0 Å². The fourth-order valence-corrected chi connectivity index (χ4v) is 2.29. The summed E-state index contributed by atoms with van der Waals surface area (Å²) in [5.74, 6) is 0.630. The number of hydrogen-bond acceptors (Lipinski definition) is 1. The van der Waals surface area contributed by atoms with Gasteiger partial charge in [0.15, 0.2) is 5.78 Å². The van der Waals surface area contributed by atoms with Crippen LogP contribution in [0.3, 0.4) is 0 Å². The van der Waals surface area contributed by atoms with Gasteiger partial charge in [0, 0.05) is 12.0 Å². The van der Waals surface area contributed by atoms with Gasteiger partial charge in [0.05, 0.1) is 0 Å². The highest BCUT2D eigenvalue weighted by Crippen LogP contribution is 2.21. The maximum Gasteiger partial charge on any atom is 0.163 e. The van der Waals surface area contributed by atoms with E-state index >= 15 is 0 Å². The largest absolute Gasteiger partial charge is 0.294 e. The second-order valence-electron chi connectivity index (χ2n) is 5.15. The highest BCUT2D eigenvalue weighted by molar-refractivity contribution is 5.97. The highest BCUT2D eigenvalue weighted by Gasteiger charge is 2.12. The Morgan fingerprint density at radius 1 is 0.947 bits per heavy atom. The lowest BCUT2D eigenvalue weighted by molar-refractivity contribution is 0.0981. The number of carbonyl (C=O) groups is 1. The van der Waals surface area contributed by atoms with Gasteiger partial charge in [0.2, 0.25) is 0 Å². The summed E-state index contributed by atoms with van der Waals surface area (Å²) in [4.78, 5) is 12.3. The van der Waals surface area contributed by atoms with Crippen molar-refractivity contribution in [1.29, 1.82) is 0 Å². The van der Waals surface area contributed by atoms with Crippen molar-refractivity contribution in [2.24, 2.45) is 0 Å². The Morgan fingerprint density at radius 3 is 2.26 bits per heavy atom. The summed E-state index contributed by atoms with van der Waals surface area (Å²) < 4.78 is 0. The number of aryl methyl sites for hydroxylation is 1. The van der Waals surface area contributed by atoms with Gasteiger partial charge < -0.3 is 0 Å². The molecule has 0 fully saturated rings. The van der Waals surface area contributed by atoms with E-state index in [1.807, 2.05) is 36.4 Å². The molecule has 1 heteroatoms. The minimum atomic E-state index is 0.244. The summed E-state index contributed by atoms with van der Waals surface area (Å²) >= 11 is 0. The van der Waals surface area contributed by atoms with E-state index in [9.17, 15) is 4.79 Å². The van der Waals surface area contributed by atoms with E-state index < -0.39 is 0 Å². The minimum Gasteiger partial charge on any atom is -0.294 e. The summed E-state index contributed by atoms with van der Waals surface area (Å²) in [5.41, 5.74) is 3.26. The molecule has 0 aliphatic rings. The summed E-state index contributed by atoms with van der Waals surface area (Å²) in [6, 6.07) is 18.1. The second-order valence-corrected chi connectivity index (χ2v) is 5.15. The third-order valence-electron chi connectivity index (χ3n) is 3.37. The number of benzene rings is 2. The van der Waals surface area contributed by atoms with Crippen molar-refractivity contribution >= 4 is 5.78 Å². The van der Waals surface area contributed by atoms with E-state index in [1.54, 1.807) is 0 Å². The topological polar surface area (TPSA) is 17.1 Å². The molecular formula is C18H20O. The molecule has 0 bridgehead atoms. The van der Waals surface area contributed by atoms with Gasteiger partial charge in [-0.05, 0) is 23.5 Å². The predicted molar refractivity (Wildman–Crippen MR) is 79.6 cm³/mol. The average molecular weight is 252 g/mol. The molecule has 1 nitrogen and oxygen atoms in total. The summed E-state index contributed by atoms with van der Waals surface area (Å²) in [6.45, 7) is 4.26. The van der Waals surface area contributed by atoms with Crippen molar-refractivity contribution < 1.29 is 4.79 Å². The fraction of sp³-hybridized carbons (Fsp3) is 0.278. The molecule has 0 saturated carbocycles. The van der Waals surface area contributed by atoms with Gasteiger partial charge in [-0.3, -0.25) is 4.79 Å². The number of Topliss-reactive ketones (excluding diaryl/α,β-unsaturated/α-hetero) is 1. The molecule has 0 aromatic heterocycles. The van der Waals surface area contributed by atoms with Gasteiger partial charge in [-0.1, -0.05) is 68.4 Å². The number of ketones is 1. The third kappa shape index (κ3) is 3.54. The maximum atomic E-state index is 12.3. The SMILES string of the molecule is CC(C)c1ccccc1C(=O)CCc1ccccc1. The van der Waals surface area contributed by atoms with Crippen molar-refractivity contribution in [2.45, 2.75) is 32.6 Å². The van der Waals surface area contributed by atoms with Crippen LogP contribution in [-0.4, -0.2) is 5.78 Å². The third-order valence-corrected chi connectivity index (χ3v) is 3.37. The van der Waals surface area contributed by atoms with E-state index in [0.29, 0.717) is 12.3 Å². The Kier molecular flexibility index (Phi) is 4.51. The van der Waals surface area contributed by atoms with Gasteiger partial charge in [-0.15, -0.1) is 0 Å². The highest BCUT2D eigenvalue weighted by atomic mass is 16.1. The van der Waals surface area contributed by atoms with Crippen LogP contribution in [-0.2, 0) is 6.42 Å². The molecule has 2 rings (SSSR count). The van der Waals surface area contributed by atoms with Crippen molar-refractivity contribution in [3.63, 3.8) is 0 Å². The van der Waals surface area contributed by atoms with Crippen molar-refractivity contribution in [3.05, 3.63) is 71.3 Å². The van der Waals surface area contributed by atoms with Crippen LogP contribution in [0.25, 0.3) is 0 Å². The molecule has 98 valence electrons. The van der Waals surface area contributed by atoms with Crippen LogP contribution in [0.1, 0.15) is 47.7 Å². The van der Waals surface area contributed by atoms with E-state index in [2.05, 4.69) is 32.0 Å². The zero-order valence-electron chi connectivity index (χ0n) is 11.6. The number of rotatable bonds is 5. The Bertz CT molecular complexity index is 541. The zero-order valence-corrected chi connectivity index (χ0v) is 11.6. The normalized spacial score (nSPS) is 10.7. The molecule has 0 N–H and O–H groups in total. The van der Waals surface area contributed by atoms with Gasteiger partial charge in [-0.25, -0.2) is 0 Å². The second kappa shape index (κ2) is 6.33. The fourth-order valence-electron chi connectivity index (χ4n) is 2.29. The first-order valence-corrected chi connectivity index (χ1v) is 6.84. The lowest BCUT2D eigenvalue weighted by Crippen LogP contribution is -2.06. The number of carbonyl (C=O) groups excluding carboxylic acids is 1. The first-order valence-electron chi connectivity index (χ1n) is 6.84. The van der Waals surface area contributed by atoms with Gasteiger partial charge >= 0.3 is 0 Å². The van der Waals surface area contributed by atoms with E-state index in [1.165, 1.54) is 5.56 Å². The molecule has 0 amide bonds. The number of hydrogen-bond donors (Lipinski definition) is 0. The van der Waals surface area contributed by atoms with Crippen LogP contribution in [0.5, 0.6) is 0 Å². The van der Waals surface area contributed by atoms with Gasteiger partial charge in [0.25, 0.3) is 0 Å². The molecule has 0 heterocycles. The first kappa shape index (κ1) is 13.5. The Hall–Kier alpha value is -1.89. The first-order chi connectivity index (χ1) is 9.18.